The van der Waals surface area contributed by atoms with Crippen molar-refractivity contribution in [3.63, 3.8) is 0 Å². The molecule has 0 bridgehead atoms. The fourth-order valence-corrected chi connectivity index (χ4v) is 5.22. The van der Waals surface area contributed by atoms with Crippen molar-refractivity contribution in [3.8, 4) is 0 Å². The highest BCUT2D eigenvalue weighted by atomic mass is 16.7. The van der Waals surface area contributed by atoms with E-state index in [0.717, 1.165) is 45.2 Å². The molecule has 38 heavy (non-hydrogen) atoms. The second-order valence-corrected chi connectivity index (χ2v) is 12.4. The summed E-state index contributed by atoms with van der Waals surface area (Å²) in [5.41, 5.74) is 0.0243. The van der Waals surface area contributed by atoms with Crippen LogP contribution in [0.2, 0.25) is 0 Å². The van der Waals surface area contributed by atoms with E-state index in [2.05, 4.69) is 44.8 Å². The van der Waals surface area contributed by atoms with Gasteiger partial charge in [0.2, 0.25) is 5.91 Å². The van der Waals surface area contributed by atoms with Crippen LogP contribution in [-0.4, -0.2) is 67.1 Å². The molecule has 0 aromatic carbocycles. The highest BCUT2D eigenvalue weighted by Gasteiger charge is 2.42. The first-order valence-corrected chi connectivity index (χ1v) is 14.7. The lowest BCUT2D eigenvalue weighted by Crippen LogP contribution is -2.56. The Morgan fingerprint density at radius 2 is 1.84 bits per heavy atom. The molecule has 7 heteroatoms. The summed E-state index contributed by atoms with van der Waals surface area (Å²) in [7, 11) is 1.52. The van der Waals surface area contributed by atoms with Crippen molar-refractivity contribution in [1.82, 2.24) is 10.2 Å². The lowest BCUT2D eigenvalue weighted by atomic mass is 9.94. The van der Waals surface area contributed by atoms with Gasteiger partial charge < -0.3 is 24.4 Å². The predicted molar refractivity (Wildman–Crippen MR) is 153 cm³/mol. The molecule has 2 amide bonds. The van der Waals surface area contributed by atoms with Crippen molar-refractivity contribution >= 4 is 11.8 Å². The molecule has 2 saturated heterocycles. The van der Waals surface area contributed by atoms with Crippen molar-refractivity contribution < 1.29 is 23.8 Å². The van der Waals surface area contributed by atoms with Gasteiger partial charge in [0.05, 0.1) is 12.2 Å². The van der Waals surface area contributed by atoms with Crippen molar-refractivity contribution in [1.29, 1.82) is 0 Å². The van der Waals surface area contributed by atoms with Crippen molar-refractivity contribution in [3.05, 3.63) is 24.8 Å². The quantitative estimate of drug-likeness (QED) is 0.221. The summed E-state index contributed by atoms with van der Waals surface area (Å²) in [4.78, 5) is 28.7. The minimum absolute atomic E-state index is 0.0240. The van der Waals surface area contributed by atoms with Crippen LogP contribution in [0.3, 0.4) is 0 Å². The smallest absolute Gasteiger partial charge is 0.252 e. The van der Waals surface area contributed by atoms with E-state index in [1.807, 2.05) is 24.8 Å². The molecule has 0 saturated carbocycles. The number of carbonyl (C=O) groups is 2. The van der Waals surface area contributed by atoms with Crippen LogP contribution in [0.15, 0.2) is 24.8 Å². The molecule has 2 heterocycles. The van der Waals surface area contributed by atoms with E-state index in [1.165, 1.54) is 32.8 Å². The Morgan fingerprint density at radius 3 is 2.50 bits per heavy atom. The van der Waals surface area contributed by atoms with Crippen LogP contribution in [0, 0.1) is 5.41 Å². The average molecular weight is 535 g/mol. The molecule has 1 unspecified atom stereocenters. The first-order valence-electron chi connectivity index (χ1n) is 14.7. The zero-order valence-corrected chi connectivity index (χ0v) is 24.9. The highest BCUT2D eigenvalue weighted by molar-refractivity contribution is 5.89. The van der Waals surface area contributed by atoms with E-state index in [4.69, 9.17) is 14.2 Å². The number of carbonyl (C=O) groups excluding carboxylic acids is 2. The summed E-state index contributed by atoms with van der Waals surface area (Å²) in [6.07, 6.45) is 15.8. The van der Waals surface area contributed by atoms with Crippen molar-refractivity contribution in [2.24, 2.45) is 5.41 Å². The molecule has 2 aliphatic heterocycles. The second kappa shape index (κ2) is 15.8. The van der Waals surface area contributed by atoms with Crippen LogP contribution in [0.4, 0.5) is 0 Å². The molecule has 218 valence electrons. The van der Waals surface area contributed by atoms with E-state index in [0.29, 0.717) is 12.8 Å². The van der Waals surface area contributed by atoms with Gasteiger partial charge in [0.25, 0.3) is 5.91 Å². The van der Waals surface area contributed by atoms with Gasteiger partial charge in [-0.2, -0.15) is 0 Å². The van der Waals surface area contributed by atoms with Gasteiger partial charge in [0, 0.05) is 26.6 Å². The number of amides is 2. The molecule has 0 radical (unpaired) electrons. The summed E-state index contributed by atoms with van der Waals surface area (Å²) in [6.45, 7) is 15.4. The normalized spacial score (nSPS) is 25.3. The predicted octanol–water partition coefficient (Wildman–Crippen LogP) is 5.93. The third kappa shape index (κ3) is 11.6. The third-order valence-electron chi connectivity index (χ3n) is 7.18. The number of rotatable bonds is 14. The lowest BCUT2D eigenvalue weighted by Gasteiger charge is -2.42. The first-order chi connectivity index (χ1) is 18.0. The van der Waals surface area contributed by atoms with Gasteiger partial charge in [0.1, 0.15) is 6.04 Å². The average Bonchev–Trinajstić information content (AvgIpc) is 3.00. The van der Waals surface area contributed by atoms with Gasteiger partial charge in [-0.05, 0) is 57.8 Å². The number of allylic oxidation sites excluding steroid dienone is 2. The summed E-state index contributed by atoms with van der Waals surface area (Å²) < 4.78 is 17.9. The Morgan fingerprint density at radius 1 is 1.16 bits per heavy atom. The second-order valence-electron chi connectivity index (χ2n) is 12.4. The maximum Gasteiger partial charge on any atom is 0.252 e. The number of likely N-dealkylation sites (tertiary alicyclic amines) is 1. The van der Waals surface area contributed by atoms with Crippen LogP contribution in [0.5, 0.6) is 0 Å². The minimum atomic E-state index is -0.854. The van der Waals surface area contributed by atoms with E-state index in [-0.39, 0.29) is 23.3 Å². The Labute approximate surface area is 231 Å². The monoisotopic (exact) mass is 534 g/mol. The fraction of sp³-hybridized carbons (Fsp3) is 0.806. The van der Waals surface area contributed by atoms with Crippen molar-refractivity contribution in [2.75, 3.05) is 20.2 Å². The molecule has 2 aliphatic rings. The topological polar surface area (TPSA) is 77.1 Å². The summed E-state index contributed by atoms with van der Waals surface area (Å²) in [5.74, 6) is -1.13. The number of methoxy groups -OCH3 is 1. The van der Waals surface area contributed by atoms with Gasteiger partial charge >= 0.3 is 0 Å². The Kier molecular flexibility index (Phi) is 13.5. The van der Waals surface area contributed by atoms with Crippen LogP contribution in [0.25, 0.3) is 0 Å². The fourth-order valence-electron chi connectivity index (χ4n) is 5.22. The first kappa shape index (κ1) is 32.5. The number of hydrogen-bond acceptors (Lipinski definition) is 5. The van der Waals surface area contributed by atoms with Gasteiger partial charge in [-0.15, -0.1) is 6.58 Å². The lowest BCUT2D eigenvalue weighted by molar-refractivity contribution is -0.302. The Hall–Kier alpha value is -1.70. The van der Waals surface area contributed by atoms with Gasteiger partial charge in [-0.1, -0.05) is 64.7 Å². The number of nitrogens with one attached hydrogen (secondary N) is 1. The SMILES string of the molecule is C=CCCCCCCCCN1CCCCC(NC(=O)[C@H](OC)[C@H]2C[C@@H](/C=C/C(C)(C)C)OC(C)(C)O2)C1=O. The summed E-state index contributed by atoms with van der Waals surface area (Å²) >= 11 is 0. The molecule has 0 aromatic heterocycles. The molecule has 1 N–H and O–H groups in total. The summed E-state index contributed by atoms with van der Waals surface area (Å²) in [5, 5.41) is 3.01. The number of unbranched alkanes of at least 4 members (excludes halogenated alkanes) is 6. The van der Waals surface area contributed by atoms with Crippen LogP contribution >= 0.6 is 0 Å². The van der Waals surface area contributed by atoms with Crippen LogP contribution in [-0.2, 0) is 23.8 Å². The van der Waals surface area contributed by atoms with Crippen LogP contribution < -0.4 is 5.32 Å². The maximum absolute atomic E-state index is 13.4. The van der Waals surface area contributed by atoms with E-state index < -0.39 is 24.0 Å². The highest BCUT2D eigenvalue weighted by Crippen LogP contribution is 2.31. The number of ether oxygens (including phenoxy) is 3. The molecule has 0 aromatic rings. The summed E-state index contributed by atoms with van der Waals surface area (Å²) in [6, 6.07) is -0.522. The molecular formula is C31H54N2O5. The molecular weight excluding hydrogens is 480 g/mol. The standard InChI is InChI=1S/C31H54N2O5/c1-8-9-10-11-12-13-14-16-21-33-22-17-15-18-25(29(33)35)32-28(34)27(36-7)26-23-24(19-20-30(2,3)4)37-31(5,6)38-26/h8,19-20,24-27H,1,9-18,21-23H2,2-7H3,(H,32,34)/b20-19+/t24-,25?,26-,27-/m1/s1. The molecule has 2 rings (SSSR count). The number of nitrogens with zero attached hydrogens (tertiary/aromatic N) is 1. The molecule has 7 nitrogen and oxygen atoms in total. The van der Waals surface area contributed by atoms with E-state index >= 15 is 0 Å². The van der Waals surface area contributed by atoms with Crippen LogP contribution in [0.1, 0.15) is 105 Å². The van der Waals surface area contributed by atoms with E-state index in [1.54, 1.807) is 0 Å². The van der Waals surface area contributed by atoms with Gasteiger partial charge in [-0.3, -0.25) is 9.59 Å². The zero-order chi connectivity index (χ0) is 28.2. The van der Waals surface area contributed by atoms with Gasteiger partial charge in [-0.25, -0.2) is 0 Å². The Balaban J connectivity index is 1.93. The maximum atomic E-state index is 13.4. The number of hydrogen-bond donors (Lipinski definition) is 1. The molecule has 0 aliphatic carbocycles. The minimum Gasteiger partial charge on any atom is -0.369 e. The largest absolute Gasteiger partial charge is 0.369 e. The molecule has 0 spiro atoms. The van der Waals surface area contributed by atoms with E-state index in [9.17, 15) is 9.59 Å². The van der Waals surface area contributed by atoms with Gasteiger partial charge in [0.15, 0.2) is 11.9 Å². The molecule has 4 atom stereocenters. The Bertz CT molecular complexity index is 773. The molecule has 2 fully saturated rings. The third-order valence-corrected chi connectivity index (χ3v) is 7.18. The zero-order valence-electron chi connectivity index (χ0n) is 24.9. The van der Waals surface area contributed by atoms with Crippen molar-refractivity contribution in [2.45, 2.75) is 135 Å².